The average molecular weight is 341 g/mol. The smallest absolute Gasteiger partial charge is 0.267 e. The molecule has 2 aliphatic rings. The van der Waals surface area contributed by atoms with E-state index in [0.717, 1.165) is 17.0 Å². The van der Waals surface area contributed by atoms with Gasteiger partial charge < -0.3 is 14.8 Å². The van der Waals surface area contributed by atoms with Crippen molar-refractivity contribution >= 4 is 0 Å². The van der Waals surface area contributed by atoms with Crippen LogP contribution in [0.5, 0.6) is 5.75 Å². The van der Waals surface area contributed by atoms with Crippen LogP contribution in [0.4, 0.5) is 0 Å². The molecule has 2 heterocycles. The molecule has 0 spiro atoms. The normalized spacial score (nSPS) is 22.9. The molecule has 2 fully saturated rings. The highest BCUT2D eigenvalue weighted by atomic mass is 16.5. The number of nitrogens with one attached hydrogen (secondary N) is 1. The minimum atomic E-state index is -0.0825. The first-order valence-corrected chi connectivity index (χ1v) is 8.79. The fourth-order valence-corrected chi connectivity index (χ4v) is 3.34. The molecular formula is C19H23N3O3. The number of benzene rings is 1. The van der Waals surface area contributed by atoms with Crippen LogP contribution >= 0.6 is 0 Å². The molecule has 2 aromatic rings. The fourth-order valence-electron chi connectivity index (χ4n) is 3.34. The molecule has 4 rings (SSSR count). The van der Waals surface area contributed by atoms with E-state index < -0.39 is 0 Å². The van der Waals surface area contributed by atoms with Gasteiger partial charge in [0.2, 0.25) is 0 Å². The first kappa shape index (κ1) is 16.3. The molecule has 1 saturated carbocycles. The molecule has 2 atom stereocenters. The van der Waals surface area contributed by atoms with E-state index in [2.05, 4.69) is 10.4 Å². The van der Waals surface area contributed by atoms with Crippen LogP contribution in [-0.2, 0) is 11.3 Å². The summed E-state index contributed by atoms with van der Waals surface area (Å²) in [5, 5.41) is 8.12. The van der Waals surface area contributed by atoms with Gasteiger partial charge in [0.05, 0.1) is 38.1 Å². The second kappa shape index (κ2) is 6.98. The lowest BCUT2D eigenvalue weighted by molar-refractivity contribution is 0.180. The summed E-state index contributed by atoms with van der Waals surface area (Å²) in [7, 11) is 1.67. The summed E-state index contributed by atoms with van der Waals surface area (Å²) in [6, 6.07) is 11.4. The van der Waals surface area contributed by atoms with Gasteiger partial charge in [-0.1, -0.05) is 18.2 Å². The zero-order chi connectivity index (χ0) is 17.2. The van der Waals surface area contributed by atoms with Gasteiger partial charge in [0.15, 0.2) is 0 Å². The summed E-state index contributed by atoms with van der Waals surface area (Å²) in [6.07, 6.45) is 2.34. The van der Waals surface area contributed by atoms with Gasteiger partial charge in [0, 0.05) is 24.1 Å². The number of nitrogens with zero attached hydrogens (tertiary/aromatic N) is 2. The Kier molecular flexibility index (Phi) is 4.55. The highest BCUT2D eigenvalue weighted by Crippen LogP contribution is 2.38. The number of hydrogen-bond donors (Lipinski definition) is 1. The van der Waals surface area contributed by atoms with E-state index >= 15 is 0 Å². The number of rotatable bonds is 6. The van der Waals surface area contributed by atoms with Crippen LogP contribution in [-0.4, -0.2) is 36.1 Å². The van der Waals surface area contributed by atoms with Crippen molar-refractivity contribution in [1.82, 2.24) is 15.1 Å². The average Bonchev–Trinajstić information content (AvgIpc) is 3.39. The fraction of sp³-hybridized carbons (Fsp3) is 0.474. The predicted octanol–water partition coefficient (Wildman–Crippen LogP) is 1.86. The van der Waals surface area contributed by atoms with E-state index in [4.69, 9.17) is 9.47 Å². The minimum absolute atomic E-state index is 0.0459. The standard InChI is InChI=1S/C19H23N3O3/c1-24-18-5-3-2-4-14(18)10-20-16-11-25-12-17(16)22-19(23)9-8-15(21-22)13-6-7-13/h2-5,8-9,13,16-17,20H,6-7,10-12H2,1H3. The van der Waals surface area contributed by atoms with E-state index in [1.165, 1.54) is 12.8 Å². The van der Waals surface area contributed by atoms with Gasteiger partial charge in [0.25, 0.3) is 5.56 Å². The van der Waals surface area contributed by atoms with Crippen molar-refractivity contribution in [3.63, 3.8) is 0 Å². The number of methoxy groups -OCH3 is 1. The van der Waals surface area contributed by atoms with Gasteiger partial charge >= 0.3 is 0 Å². The Morgan fingerprint density at radius 1 is 1.24 bits per heavy atom. The van der Waals surface area contributed by atoms with Gasteiger partial charge in [-0.15, -0.1) is 0 Å². The molecule has 1 aromatic heterocycles. The second-order valence-corrected chi connectivity index (χ2v) is 6.72. The van der Waals surface area contributed by atoms with E-state index in [0.29, 0.717) is 25.7 Å². The number of para-hydroxylation sites is 1. The topological polar surface area (TPSA) is 65.4 Å². The molecule has 1 aliphatic heterocycles. The zero-order valence-corrected chi connectivity index (χ0v) is 14.4. The van der Waals surface area contributed by atoms with Gasteiger partial charge in [0.1, 0.15) is 5.75 Å². The van der Waals surface area contributed by atoms with Gasteiger partial charge in [-0.3, -0.25) is 4.79 Å². The Bertz CT molecular complexity index is 800. The van der Waals surface area contributed by atoms with Crippen molar-refractivity contribution in [1.29, 1.82) is 0 Å². The maximum absolute atomic E-state index is 12.3. The van der Waals surface area contributed by atoms with E-state index in [1.54, 1.807) is 17.9 Å². The lowest BCUT2D eigenvalue weighted by atomic mass is 10.1. The third-order valence-electron chi connectivity index (χ3n) is 4.95. The number of hydrogen-bond acceptors (Lipinski definition) is 5. The Labute approximate surface area is 146 Å². The first-order chi connectivity index (χ1) is 12.3. The molecular weight excluding hydrogens is 318 g/mol. The summed E-state index contributed by atoms with van der Waals surface area (Å²) in [5.74, 6) is 1.38. The SMILES string of the molecule is COc1ccccc1CNC1COCC1n1nc(C2CC2)ccc1=O. The lowest BCUT2D eigenvalue weighted by Crippen LogP contribution is -2.41. The summed E-state index contributed by atoms with van der Waals surface area (Å²) >= 11 is 0. The third-order valence-corrected chi connectivity index (χ3v) is 4.95. The summed E-state index contributed by atoms with van der Waals surface area (Å²) in [6.45, 7) is 1.73. The molecule has 6 heteroatoms. The maximum atomic E-state index is 12.3. The van der Waals surface area contributed by atoms with Crippen molar-refractivity contribution in [3.05, 3.63) is 58.0 Å². The maximum Gasteiger partial charge on any atom is 0.267 e. The van der Waals surface area contributed by atoms with Crippen LogP contribution in [0.2, 0.25) is 0 Å². The number of ether oxygens (including phenoxy) is 2. The van der Waals surface area contributed by atoms with Gasteiger partial charge in [-0.2, -0.15) is 5.10 Å². The Morgan fingerprint density at radius 2 is 2.08 bits per heavy atom. The van der Waals surface area contributed by atoms with Crippen molar-refractivity contribution in [2.24, 2.45) is 0 Å². The van der Waals surface area contributed by atoms with Crippen LogP contribution in [0.1, 0.15) is 36.1 Å². The summed E-state index contributed by atoms with van der Waals surface area (Å²) in [5.41, 5.74) is 2.04. The minimum Gasteiger partial charge on any atom is -0.496 e. The monoisotopic (exact) mass is 341 g/mol. The molecule has 0 bridgehead atoms. The zero-order valence-electron chi connectivity index (χ0n) is 14.4. The van der Waals surface area contributed by atoms with E-state index in [9.17, 15) is 4.79 Å². The molecule has 1 N–H and O–H groups in total. The molecule has 25 heavy (non-hydrogen) atoms. The predicted molar refractivity (Wildman–Crippen MR) is 93.9 cm³/mol. The number of aromatic nitrogens is 2. The molecule has 0 radical (unpaired) electrons. The van der Waals surface area contributed by atoms with Crippen LogP contribution in [0.15, 0.2) is 41.2 Å². The quantitative estimate of drug-likeness (QED) is 0.869. The van der Waals surface area contributed by atoms with Crippen LogP contribution in [0, 0.1) is 0 Å². The van der Waals surface area contributed by atoms with Crippen molar-refractivity contribution < 1.29 is 9.47 Å². The van der Waals surface area contributed by atoms with Crippen LogP contribution < -0.4 is 15.6 Å². The van der Waals surface area contributed by atoms with Gasteiger partial charge in [-0.05, 0) is 25.0 Å². The molecule has 1 aliphatic carbocycles. The van der Waals surface area contributed by atoms with E-state index in [1.807, 2.05) is 30.3 Å². The van der Waals surface area contributed by atoms with E-state index in [-0.39, 0.29) is 17.6 Å². The Balaban J connectivity index is 1.51. The summed E-state index contributed by atoms with van der Waals surface area (Å²) < 4.78 is 12.7. The molecule has 1 saturated heterocycles. The van der Waals surface area contributed by atoms with Crippen molar-refractivity contribution in [3.8, 4) is 5.75 Å². The van der Waals surface area contributed by atoms with Crippen molar-refractivity contribution in [2.45, 2.75) is 37.4 Å². The first-order valence-electron chi connectivity index (χ1n) is 8.79. The second-order valence-electron chi connectivity index (χ2n) is 6.72. The third kappa shape index (κ3) is 3.45. The highest BCUT2D eigenvalue weighted by Gasteiger charge is 2.32. The molecule has 2 unspecified atom stereocenters. The highest BCUT2D eigenvalue weighted by molar-refractivity contribution is 5.33. The Hall–Kier alpha value is -2.18. The molecule has 0 amide bonds. The largest absolute Gasteiger partial charge is 0.496 e. The lowest BCUT2D eigenvalue weighted by Gasteiger charge is -2.21. The molecule has 1 aromatic carbocycles. The molecule has 132 valence electrons. The van der Waals surface area contributed by atoms with Crippen LogP contribution in [0.3, 0.4) is 0 Å². The Morgan fingerprint density at radius 3 is 2.88 bits per heavy atom. The van der Waals surface area contributed by atoms with Gasteiger partial charge in [-0.25, -0.2) is 4.68 Å². The molecule has 6 nitrogen and oxygen atoms in total. The van der Waals surface area contributed by atoms with Crippen LogP contribution in [0.25, 0.3) is 0 Å². The summed E-state index contributed by atoms with van der Waals surface area (Å²) in [4.78, 5) is 12.3. The van der Waals surface area contributed by atoms with Crippen molar-refractivity contribution in [2.75, 3.05) is 20.3 Å².